The number of nitrogens with zero attached hydrogens (tertiary/aromatic N) is 1. The van der Waals surface area contributed by atoms with Gasteiger partial charge < -0.3 is 14.8 Å². The van der Waals surface area contributed by atoms with Crippen LogP contribution in [0.15, 0.2) is 77.7 Å². The Bertz CT molecular complexity index is 1320. The number of halogens is 1. The maximum atomic E-state index is 14.4. The van der Waals surface area contributed by atoms with Crippen LogP contribution in [0.25, 0.3) is 11.1 Å². The molecule has 0 bridgehead atoms. The van der Waals surface area contributed by atoms with Crippen LogP contribution in [-0.2, 0) is 24.3 Å². The molecule has 3 aromatic rings. The molecule has 0 aliphatic carbocycles. The molecule has 0 atom stereocenters. The summed E-state index contributed by atoms with van der Waals surface area (Å²) in [4.78, 5) is 24.3. The van der Waals surface area contributed by atoms with Gasteiger partial charge in [-0.1, -0.05) is 48.5 Å². The van der Waals surface area contributed by atoms with Crippen LogP contribution in [0.5, 0.6) is 0 Å². The third-order valence-electron chi connectivity index (χ3n) is 5.38. The second-order valence-corrected chi connectivity index (χ2v) is 9.60. The maximum absolute atomic E-state index is 14.4. The maximum Gasteiger partial charge on any atom is 0.338 e. The lowest BCUT2D eigenvalue weighted by molar-refractivity contribution is -0.119. The Morgan fingerprint density at radius 1 is 0.971 bits per heavy atom. The molecule has 0 unspecified atom stereocenters. The van der Waals surface area contributed by atoms with Gasteiger partial charge in [0.2, 0.25) is 10.0 Å². The average Bonchev–Trinajstić information content (AvgIpc) is 2.89. The molecule has 8 nitrogen and oxygen atoms in total. The monoisotopic (exact) mass is 498 g/mol. The van der Waals surface area contributed by atoms with E-state index in [0.717, 1.165) is 33.6 Å². The first kappa shape index (κ1) is 24.5. The summed E-state index contributed by atoms with van der Waals surface area (Å²) in [5.41, 5.74) is 2.06. The van der Waals surface area contributed by atoms with Crippen LogP contribution in [0, 0.1) is 5.82 Å². The van der Waals surface area contributed by atoms with Crippen molar-refractivity contribution in [1.29, 1.82) is 0 Å². The Hall–Kier alpha value is -3.60. The van der Waals surface area contributed by atoms with Crippen molar-refractivity contribution in [2.45, 2.75) is 4.90 Å². The molecule has 0 radical (unpaired) electrons. The van der Waals surface area contributed by atoms with Crippen LogP contribution in [0.2, 0.25) is 0 Å². The highest BCUT2D eigenvalue weighted by atomic mass is 32.2. The lowest BCUT2D eigenvalue weighted by Crippen LogP contribution is -2.41. The summed E-state index contributed by atoms with van der Waals surface area (Å²) < 4.78 is 51.3. The smallest absolute Gasteiger partial charge is 0.338 e. The van der Waals surface area contributed by atoms with Crippen LogP contribution >= 0.6 is 0 Å². The fourth-order valence-electron chi connectivity index (χ4n) is 3.62. The highest BCUT2D eigenvalue weighted by molar-refractivity contribution is 7.89. The van der Waals surface area contributed by atoms with E-state index >= 15 is 0 Å². The van der Waals surface area contributed by atoms with E-state index in [1.807, 2.05) is 42.5 Å². The predicted molar refractivity (Wildman–Crippen MR) is 127 cm³/mol. The van der Waals surface area contributed by atoms with Gasteiger partial charge in [0.05, 0.1) is 18.8 Å². The van der Waals surface area contributed by atoms with Gasteiger partial charge >= 0.3 is 5.97 Å². The van der Waals surface area contributed by atoms with Crippen molar-refractivity contribution in [2.24, 2.45) is 0 Å². The number of morpholine rings is 1. The summed E-state index contributed by atoms with van der Waals surface area (Å²) >= 11 is 0. The van der Waals surface area contributed by atoms with Crippen molar-refractivity contribution in [2.75, 3.05) is 38.2 Å². The van der Waals surface area contributed by atoms with Gasteiger partial charge in [-0.15, -0.1) is 0 Å². The molecule has 0 saturated carbocycles. The molecule has 1 N–H and O–H groups in total. The first-order valence-corrected chi connectivity index (χ1v) is 12.3. The number of hydrogen-bond donors (Lipinski definition) is 1. The number of amides is 1. The van der Waals surface area contributed by atoms with E-state index in [2.05, 4.69) is 5.32 Å². The topological polar surface area (TPSA) is 102 Å². The quantitative estimate of drug-likeness (QED) is 0.502. The van der Waals surface area contributed by atoms with Crippen LogP contribution in [0.4, 0.5) is 10.1 Å². The molecule has 35 heavy (non-hydrogen) atoms. The molecule has 4 rings (SSSR count). The Morgan fingerprint density at radius 2 is 1.66 bits per heavy atom. The van der Waals surface area contributed by atoms with E-state index in [9.17, 15) is 22.4 Å². The van der Waals surface area contributed by atoms with Gasteiger partial charge in [-0.25, -0.2) is 17.6 Å². The second kappa shape index (κ2) is 10.8. The summed E-state index contributed by atoms with van der Waals surface area (Å²) in [7, 11) is -4.16. The minimum absolute atomic E-state index is 0.0844. The molecule has 182 valence electrons. The Morgan fingerprint density at radius 3 is 2.40 bits per heavy atom. The highest BCUT2D eigenvalue weighted by Gasteiger charge is 2.30. The molecule has 1 amide bonds. The van der Waals surface area contributed by atoms with E-state index in [-0.39, 0.29) is 31.9 Å². The second-order valence-electron chi connectivity index (χ2n) is 7.70. The molecule has 3 aromatic carbocycles. The van der Waals surface area contributed by atoms with Crippen LogP contribution < -0.4 is 5.32 Å². The van der Waals surface area contributed by atoms with Gasteiger partial charge in [0, 0.05) is 24.3 Å². The van der Waals surface area contributed by atoms with E-state index in [0.29, 0.717) is 5.69 Å². The largest absolute Gasteiger partial charge is 0.452 e. The summed E-state index contributed by atoms with van der Waals surface area (Å²) in [6, 6.07) is 19.6. The number of nitrogens with one attached hydrogen (secondary N) is 1. The normalized spacial score (nSPS) is 14.3. The zero-order valence-corrected chi connectivity index (χ0v) is 19.5. The predicted octanol–water partition coefficient (Wildman–Crippen LogP) is 3.31. The lowest BCUT2D eigenvalue weighted by Gasteiger charge is -2.26. The lowest BCUT2D eigenvalue weighted by atomic mass is 10.0. The number of sulfonamides is 1. The number of carbonyl (C=O) groups excluding carboxylic acids is 2. The van der Waals surface area contributed by atoms with E-state index in [1.165, 1.54) is 0 Å². The molecule has 1 heterocycles. The zero-order valence-electron chi connectivity index (χ0n) is 18.6. The molecule has 0 spiro atoms. The molecule has 1 fully saturated rings. The van der Waals surface area contributed by atoms with Gasteiger partial charge in [0.15, 0.2) is 6.61 Å². The fraction of sp³-hybridized carbons (Fsp3) is 0.200. The van der Waals surface area contributed by atoms with Gasteiger partial charge in [0.1, 0.15) is 10.7 Å². The number of ether oxygens (including phenoxy) is 2. The zero-order chi connectivity index (χ0) is 24.8. The number of hydrogen-bond acceptors (Lipinski definition) is 6. The summed E-state index contributed by atoms with van der Waals surface area (Å²) in [5.74, 6) is -2.51. The standard InChI is InChI=1S/C25H23FN2O6S/c26-21-11-10-19(16-23(21)35(31,32)28-12-14-33-15-13-28)25(30)34-17-24(29)27-22-9-5-4-8-20(22)18-6-2-1-3-7-18/h1-11,16H,12-15,17H2,(H,27,29). The van der Waals surface area contributed by atoms with E-state index < -0.39 is 39.2 Å². The highest BCUT2D eigenvalue weighted by Crippen LogP contribution is 2.27. The third kappa shape index (κ3) is 5.73. The van der Waals surface area contributed by atoms with Gasteiger partial charge in [-0.05, 0) is 29.8 Å². The van der Waals surface area contributed by atoms with E-state index in [1.54, 1.807) is 12.1 Å². The SMILES string of the molecule is O=C(COC(=O)c1ccc(F)c(S(=O)(=O)N2CCOCC2)c1)Nc1ccccc1-c1ccccc1. The first-order chi connectivity index (χ1) is 16.9. The number of carbonyl (C=O) groups is 2. The van der Waals surface area contributed by atoms with Crippen molar-refractivity contribution < 1.29 is 31.9 Å². The van der Waals surface area contributed by atoms with Crippen LogP contribution in [0.1, 0.15) is 10.4 Å². The molecular formula is C25H23FN2O6S. The van der Waals surface area contributed by atoms with Gasteiger partial charge in [-0.3, -0.25) is 4.79 Å². The van der Waals surface area contributed by atoms with Crippen molar-refractivity contribution in [1.82, 2.24) is 4.31 Å². The van der Waals surface area contributed by atoms with Gasteiger partial charge in [-0.2, -0.15) is 4.31 Å². The van der Waals surface area contributed by atoms with Gasteiger partial charge in [0.25, 0.3) is 5.91 Å². The molecule has 10 heteroatoms. The number of esters is 1. The Kier molecular flexibility index (Phi) is 7.54. The minimum atomic E-state index is -4.16. The number of benzene rings is 3. The minimum Gasteiger partial charge on any atom is -0.452 e. The summed E-state index contributed by atoms with van der Waals surface area (Å²) in [6.07, 6.45) is 0. The number of anilines is 1. The summed E-state index contributed by atoms with van der Waals surface area (Å²) in [6.45, 7) is -0.0385. The average molecular weight is 499 g/mol. The molecular weight excluding hydrogens is 475 g/mol. The summed E-state index contributed by atoms with van der Waals surface area (Å²) in [5, 5.41) is 2.71. The third-order valence-corrected chi connectivity index (χ3v) is 7.29. The van der Waals surface area contributed by atoms with E-state index in [4.69, 9.17) is 9.47 Å². The molecule has 0 aromatic heterocycles. The number of rotatable bonds is 7. The van der Waals surface area contributed by atoms with Crippen molar-refractivity contribution in [3.05, 3.63) is 84.2 Å². The van der Waals surface area contributed by atoms with Crippen molar-refractivity contribution >= 4 is 27.6 Å². The van der Waals surface area contributed by atoms with Crippen LogP contribution in [-0.4, -0.2) is 57.5 Å². The molecule has 1 aliphatic rings. The molecule has 1 aliphatic heterocycles. The Balaban J connectivity index is 1.43. The Labute approximate surface area is 202 Å². The fourth-order valence-corrected chi connectivity index (χ4v) is 5.11. The number of para-hydroxylation sites is 1. The first-order valence-electron chi connectivity index (χ1n) is 10.8. The van der Waals surface area contributed by atoms with Crippen molar-refractivity contribution in [3.8, 4) is 11.1 Å². The molecule has 1 saturated heterocycles. The van der Waals surface area contributed by atoms with Crippen molar-refractivity contribution in [3.63, 3.8) is 0 Å². The van der Waals surface area contributed by atoms with Crippen LogP contribution in [0.3, 0.4) is 0 Å².